The maximum atomic E-state index is 13.3. The van der Waals surface area contributed by atoms with Crippen LogP contribution in [0, 0.1) is 6.92 Å². The van der Waals surface area contributed by atoms with E-state index in [4.69, 9.17) is 5.73 Å². The van der Waals surface area contributed by atoms with Crippen molar-refractivity contribution in [2.45, 2.75) is 19.5 Å². The first-order chi connectivity index (χ1) is 13.1. The number of amides is 2. The van der Waals surface area contributed by atoms with Crippen LogP contribution in [0.4, 0.5) is 0 Å². The molecular formula is C23H22N2O2. The molecule has 0 saturated carbocycles. The van der Waals surface area contributed by atoms with Gasteiger partial charge in [-0.1, -0.05) is 78.4 Å². The van der Waals surface area contributed by atoms with E-state index >= 15 is 0 Å². The Kier molecular flexibility index (Phi) is 5.67. The molecule has 4 nitrogen and oxygen atoms in total. The molecule has 0 bridgehead atoms. The van der Waals surface area contributed by atoms with E-state index in [2.05, 4.69) is 0 Å². The van der Waals surface area contributed by atoms with Crippen LogP contribution >= 0.6 is 0 Å². The minimum Gasteiger partial charge on any atom is -0.368 e. The van der Waals surface area contributed by atoms with Gasteiger partial charge in [0.1, 0.15) is 6.04 Å². The van der Waals surface area contributed by atoms with Gasteiger partial charge in [-0.25, -0.2) is 0 Å². The number of carbonyl (C=O) groups excluding carboxylic acids is 2. The molecule has 0 saturated heterocycles. The van der Waals surface area contributed by atoms with Gasteiger partial charge in [-0.15, -0.1) is 0 Å². The molecule has 0 unspecified atom stereocenters. The highest BCUT2D eigenvalue weighted by Gasteiger charge is 2.30. The number of hydrogen-bond donors (Lipinski definition) is 1. The number of rotatable bonds is 6. The third-order valence-electron chi connectivity index (χ3n) is 4.41. The molecule has 3 rings (SSSR count). The molecular weight excluding hydrogens is 336 g/mol. The van der Waals surface area contributed by atoms with Crippen LogP contribution in [0.3, 0.4) is 0 Å². The molecule has 2 N–H and O–H groups in total. The zero-order chi connectivity index (χ0) is 19.2. The summed E-state index contributed by atoms with van der Waals surface area (Å²) in [7, 11) is 0. The minimum absolute atomic E-state index is 0.232. The highest BCUT2D eigenvalue weighted by Crippen LogP contribution is 2.25. The van der Waals surface area contributed by atoms with Gasteiger partial charge < -0.3 is 10.6 Å². The minimum atomic E-state index is -0.848. The summed E-state index contributed by atoms with van der Waals surface area (Å²) in [5.41, 5.74) is 8.99. The third-order valence-corrected chi connectivity index (χ3v) is 4.41. The molecule has 0 aromatic heterocycles. The van der Waals surface area contributed by atoms with E-state index < -0.39 is 11.9 Å². The summed E-state index contributed by atoms with van der Waals surface area (Å²) in [5, 5.41) is 0. The molecule has 0 fully saturated rings. The fraction of sp³-hybridized carbons (Fsp3) is 0.130. The lowest BCUT2D eigenvalue weighted by molar-refractivity contribution is -0.122. The molecule has 0 aliphatic rings. The van der Waals surface area contributed by atoms with Gasteiger partial charge in [0.15, 0.2) is 0 Å². The van der Waals surface area contributed by atoms with Crippen molar-refractivity contribution >= 4 is 11.8 Å². The van der Waals surface area contributed by atoms with E-state index in [-0.39, 0.29) is 12.5 Å². The average molecular weight is 358 g/mol. The molecule has 0 heterocycles. The van der Waals surface area contributed by atoms with E-state index in [0.717, 1.165) is 11.1 Å². The fourth-order valence-electron chi connectivity index (χ4n) is 3.17. The lowest BCUT2D eigenvalue weighted by Crippen LogP contribution is -2.41. The first-order valence-corrected chi connectivity index (χ1v) is 8.82. The fourth-order valence-corrected chi connectivity index (χ4v) is 3.17. The van der Waals surface area contributed by atoms with Crippen LogP contribution in [0.1, 0.15) is 33.1 Å². The van der Waals surface area contributed by atoms with Crippen LogP contribution in [-0.2, 0) is 11.3 Å². The Labute approximate surface area is 159 Å². The Morgan fingerprint density at radius 3 is 2.11 bits per heavy atom. The van der Waals surface area contributed by atoms with Crippen molar-refractivity contribution in [1.82, 2.24) is 4.90 Å². The van der Waals surface area contributed by atoms with Gasteiger partial charge in [0.25, 0.3) is 5.91 Å². The van der Waals surface area contributed by atoms with Crippen LogP contribution in [-0.4, -0.2) is 16.7 Å². The van der Waals surface area contributed by atoms with Gasteiger partial charge in [0, 0.05) is 12.1 Å². The highest BCUT2D eigenvalue weighted by atomic mass is 16.2. The predicted octanol–water partition coefficient (Wildman–Crippen LogP) is 3.86. The molecule has 0 radical (unpaired) electrons. The van der Waals surface area contributed by atoms with Crippen molar-refractivity contribution in [1.29, 1.82) is 0 Å². The average Bonchev–Trinajstić information content (AvgIpc) is 2.68. The van der Waals surface area contributed by atoms with Crippen LogP contribution < -0.4 is 5.73 Å². The third kappa shape index (κ3) is 4.42. The summed E-state index contributed by atoms with van der Waals surface area (Å²) in [6, 6.07) is 25.2. The number of nitrogens with two attached hydrogens (primary N) is 1. The molecule has 0 aliphatic heterocycles. The molecule has 3 aromatic carbocycles. The number of carbonyl (C=O) groups is 2. The Morgan fingerprint density at radius 1 is 0.889 bits per heavy atom. The SMILES string of the molecule is Cc1cccc(CN(C(=O)c2ccccc2)[C@@H](C(N)=O)c2ccccc2)c1. The highest BCUT2D eigenvalue weighted by molar-refractivity contribution is 5.97. The molecule has 27 heavy (non-hydrogen) atoms. The van der Waals surface area contributed by atoms with Crippen molar-refractivity contribution in [3.63, 3.8) is 0 Å². The van der Waals surface area contributed by atoms with E-state index in [0.29, 0.717) is 11.1 Å². The lowest BCUT2D eigenvalue weighted by Gasteiger charge is -2.30. The van der Waals surface area contributed by atoms with Crippen LogP contribution in [0.25, 0.3) is 0 Å². The Morgan fingerprint density at radius 2 is 1.52 bits per heavy atom. The monoisotopic (exact) mass is 358 g/mol. The molecule has 2 amide bonds. The number of nitrogens with zero attached hydrogens (tertiary/aromatic N) is 1. The Balaban J connectivity index is 2.05. The second-order valence-electron chi connectivity index (χ2n) is 6.50. The Hall–Kier alpha value is -3.40. The van der Waals surface area contributed by atoms with Crippen molar-refractivity contribution in [3.05, 3.63) is 107 Å². The first kappa shape index (κ1) is 18.4. The van der Waals surface area contributed by atoms with Gasteiger partial charge in [-0.05, 0) is 30.2 Å². The second kappa shape index (κ2) is 8.32. The normalized spacial score (nSPS) is 11.6. The van der Waals surface area contributed by atoms with Gasteiger partial charge in [-0.2, -0.15) is 0 Å². The number of aryl methyl sites for hydroxylation is 1. The van der Waals surface area contributed by atoms with Crippen LogP contribution in [0.5, 0.6) is 0 Å². The molecule has 3 aromatic rings. The summed E-state index contributed by atoms with van der Waals surface area (Å²) in [5.74, 6) is -0.789. The Bertz CT molecular complexity index is 923. The number of benzene rings is 3. The summed E-state index contributed by atoms with van der Waals surface area (Å²) in [6.07, 6.45) is 0. The zero-order valence-corrected chi connectivity index (χ0v) is 15.2. The lowest BCUT2D eigenvalue weighted by atomic mass is 10.0. The molecule has 4 heteroatoms. The van der Waals surface area contributed by atoms with Gasteiger partial charge >= 0.3 is 0 Å². The summed E-state index contributed by atoms with van der Waals surface area (Å²) in [6.45, 7) is 2.29. The zero-order valence-electron chi connectivity index (χ0n) is 15.2. The van der Waals surface area contributed by atoms with E-state index in [1.165, 1.54) is 0 Å². The molecule has 1 atom stereocenters. The van der Waals surface area contributed by atoms with Gasteiger partial charge in [0.05, 0.1) is 0 Å². The second-order valence-corrected chi connectivity index (χ2v) is 6.50. The first-order valence-electron chi connectivity index (χ1n) is 8.82. The smallest absolute Gasteiger partial charge is 0.255 e. The standard InChI is InChI=1S/C23H22N2O2/c1-17-9-8-10-18(15-17)16-25(23(27)20-13-6-3-7-14-20)21(22(24)26)19-11-4-2-5-12-19/h2-15,21H,16H2,1H3,(H2,24,26)/t21-/m1/s1. The topological polar surface area (TPSA) is 63.4 Å². The quantitative estimate of drug-likeness (QED) is 0.727. The van der Waals surface area contributed by atoms with Crippen LogP contribution in [0.15, 0.2) is 84.9 Å². The van der Waals surface area contributed by atoms with Crippen LogP contribution in [0.2, 0.25) is 0 Å². The molecule has 0 aliphatic carbocycles. The molecule has 136 valence electrons. The van der Waals surface area contributed by atoms with Crippen molar-refractivity contribution < 1.29 is 9.59 Å². The summed E-state index contributed by atoms with van der Waals surface area (Å²) in [4.78, 5) is 27.2. The van der Waals surface area contributed by atoms with Gasteiger partial charge in [0.2, 0.25) is 5.91 Å². The van der Waals surface area contributed by atoms with Crippen molar-refractivity contribution in [2.24, 2.45) is 5.73 Å². The molecule has 0 spiro atoms. The maximum Gasteiger partial charge on any atom is 0.255 e. The van der Waals surface area contributed by atoms with E-state index in [9.17, 15) is 9.59 Å². The van der Waals surface area contributed by atoms with E-state index in [1.807, 2.05) is 67.6 Å². The van der Waals surface area contributed by atoms with Crippen molar-refractivity contribution in [2.75, 3.05) is 0 Å². The van der Waals surface area contributed by atoms with E-state index in [1.54, 1.807) is 29.2 Å². The summed E-state index contributed by atoms with van der Waals surface area (Å²) >= 11 is 0. The maximum absolute atomic E-state index is 13.3. The largest absolute Gasteiger partial charge is 0.368 e. The van der Waals surface area contributed by atoms with Gasteiger partial charge in [-0.3, -0.25) is 9.59 Å². The number of primary amides is 1. The van der Waals surface area contributed by atoms with Crippen molar-refractivity contribution in [3.8, 4) is 0 Å². The number of hydrogen-bond acceptors (Lipinski definition) is 2. The predicted molar refractivity (Wildman–Crippen MR) is 106 cm³/mol. The summed E-state index contributed by atoms with van der Waals surface area (Å²) < 4.78 is 0.